The molecule has 0 unspecified atom stereocenters. The molecule has 17 heavy (non-hydrogen) atoms. The van der Waals surface area contributed by atoms with Crippen molar-refractivity contribution in [3.63, 3.8) is 0 Å². The molecule has 86 valence electrons. The number of carbonyl (C=O) groups is 1. The van der Waals surface area contributed by atoms with Gasteiger partial charge in [-0.05, 0) is 16.8 Å². The van der Waals surface area contributed by atoms with Gasteiger partial charge in [-0.2, -0.15) is 0 Å². The smallest absolute Gasteiger partial charge is 0.273 e. The number of benzene rings is 2. The zero-order chi connectivity index (χ0) is 12.4. The van der Waals surface area contributed by atoms with Crippen LogP contribution in [0, 0.1) is 10.1 Å². The summed E-state index contributed by atoms with van der Waals surface area (Å²) >= 11 is 0. The Morgan fingerprint density at radius 3 is 2.59 bits per heavy atom. The number of carbonyl (C=O) groups excluding carboxylic acids is 1. The molecule has 2 aromatic carbocycles. The summed E-state index contributed by atoms with van der Waals surface area (Å²) in [7, 11) is 0. The molecular formula is C12H10N2O3. The van der Waals surface area contributed by atoms with Gasteiger partial charge in [0.1, 0.15) is 0 Å². The largest absolute Gasteiger partial charge is 0.369 e. The third-order valence-electron chi connectivity index (χ3n) is 2.56. The molecule has 0 atom stereocenters. The molecule has 2 N–H and O–H groups in total. The average molecular weight is 230 g/mol. The second kappa shape index (κ2) is 4.21. The second-order valence-corrected chi connectivity index (χ2v) is 3.68. The fourth-order valence-corrected chi connectivity index (χ4v) is 1.86. The predicted octanol–water partition coefficient (Wildman–Crippen LogP) is 1.78. The van der Waals surface area contributed by atoms with E-state index >= 15 is 0 Å². The number of nitrogens with two attached hydrogens (primary N) is 1. The van der Waals surface area contributed by atoms with Crippen LogP contribution in [0.15, 0.2) is 36.4 Å². The first-order valence-corrected chi connectivity index (χ1v) is 5.03. The molecule has 0 aliphatic heterocycles. The molecule has 0 bridgehead atoms. The van der Waals surface area contributed by atoms with E-state index in [1.807, 2.05) is 12.1 Å². The van der Waals surface area contributed by atoms with E-state index in [2.05, 4.69) is 0 Å². The zero-order valence-corrected chi connectivity index (χ0v) is 8.92. The van der Waals surface area contributed by atoms with Crippen molar-refractivity contribution in [1.29, 1.82) is 0 Å². The molecule has 0 aliphatic rings. The monoisotopic (exact) mass is 230 g/mol. The zero-order valence-electron chi connectivity index (χ0n) is 8.92. The van der Waals surface area contributed by atoms with Crippen LogP contribution in [-0.2, 0) is 11.2 Å². The first-order chi connectivity index (χ1) is 8.09. The van der Waals surface area contributed by atoms with Crippen LogP contribution in [-0.4, -0.2) is 10.8 Å². The molecule has 0 aliphatic carbocycles. The number of fused-ring (bicyclic) bond motifs is 1. The van der Waals surface area contributed by atoms with Crippen molar-refractivity contribution < 1.29 is 9.72 Å². The minimum atomic E-state index is -0.579. The van der Waals surface area contributed by atoms with Gasteiger partial charge >= 0.3 is 0 Å². The molecule has 2 aromatic rings. The lowest BCUT2D eigenvalue weighted by molar-refractivity contribution is -0.385. The first-order valence-electron chi connectivity index (χ1n) is 5.03. The highest BCUT2D eigenvalue weighted by molar-refractivity contribution is 5.92. The first kappa shape index (κ1) is 11.1. The molecule has 0 heterocycles. The molecule has 0 saturated heterocycles. The van der Waals surface area contributed by atoms with Gasteiger partial charge in [-0.1, -0.05) is 24.3 Å². The quantitative estimate of drug-likeness (QED) is 0.644. The van der Waals surface area contributed by atoms with Crippen molar-refractivity contribution in [2.75, 3.05) is 0 Å². The van der Waals surface area contributed by atoms with E-state index in [1.54, 1.807) is 18.2 Å². The Hall–Kier alpha value is -2.43. The van der Waals surface area contributed by atoms with Crippen molar-refractivity contribution >= 4 is 22.4 Å². The van der Waals surface area contributed by atoms with Gasteiger partial charge < -0.3 is 5.73 Å². The van der Waals surface area contributed by atoms with E-state index in [9.17, 15) is 14.9 Å². The SMILES string of the molecule is NC(=O)Cc1c([N+](=O)[O-])ccc2ccccc12. The number of nitro groups is 1. The van der Waals surface area contributed by atoms with Crippen molar-refractivity contribution in [3.05, 3.63) is 52.1 Å². The third-order valence-corrected chi connectivity index (χ3v) is 2.56. The number of primary amides is 1. The Balaban J connectivity index is 2.74. The van der Waals surface area contributed by atoms with Gasteiger partial charge in [-0.3, -0.25) is 14.9 Å². The number of rotatable bonds is 3. The average Bonchev–Trinajstić information content (AvgIpc) is 2.28. The van der Waals surface area contributed by atoms with Crippen LogP contribution in [0.25, 0.3) is 10.8 Å². The summed E-state index contributed by atoms with van der Waals surface area (Å²) in [6, 6.07) is 10.3. The minimum Gasteiger partial charge on any atom is -0.369 e. The van der Waals surface area contributed by atoms with Crippen LogP contribution in [0.1, 0.15) is 5.56 Å². The molecule has 0 saturated carbocycles. The van der Waals surface area contributed by atoms with Crippen molar-refractivity contribution in [1.82, 2.24) is 0 Å². The minimum absolute atomic E-state index is 0.0671. The van der Waals surface area contributed by atoms with Crippen LogP contribution >= 0.6 is 0 Å². The van der Waals surface area contributed by atoms with Gasteiger partial charge in [0, 0.05) is 11.6 Å². The summed E-state index contributed by atoms with van der Waals surface area (Å²) in [5.74, 6) is -0.579. The molecule has 0 radical (unpaired) electrons. The van der Waals surface area contributed by atoms with E-state index < -0.39 is 10.8 Å². The maximum atomic E-state index is 11.0. The van der Waals surface area contributed by atoms with Gasteiger partial charge in [-0.15, -0.1) is 0 Å². The number of hydrogen-bond acceptors (Lipinski definition) is 3. The van der Waals surface area contributed by atoms with Crippen molar-refractivity contribution in [2.24, 2.45) is 5.73 Å². The summed E-state index contributed by atoms with van der Waals surface area (Å²) < 4.78 is 0. The summed E-state index contributed by atoms with van der Waals surface area (Å²) in [6.45, 7) is 0. The van der Waals surface area contributed by atoms with Crippen LogP contribution in [0.5, 0.6) is 0 Å². The van der Waals surface area contributed by atoms with Crippen LogP contribution in [0.2, 0.25) is 0 Å². The molecule has 5 heteroatoms. The van der Waals surface area contributed by atoms with Gasteiger partial charge in [0.05, 0.1) is 11.3 Å². The number of nitro benzene ring substituents is 1. The molecule has 5 nitrogen and oxygen atoms in total. The number of amides is 1. The lowest BCUT2D eigenvalue weighted by Gasteiger charge is -2.05. The van der Waals surface area contributed by atoms with E-state index in [0.29, 0.717) is 10.9 Å². The molecular weight excluding hydrogens is 220 g/mol. The van der Waals surface area contributed by atoms with Crippen LogP contribution in [0.3, 0.4) is 0 Å². The van der Waals surface area contributed by atoms with Gasteiger partial charge in [0.15, 0.2) is 0 Å². The van der Waals surface area contributed by atoms with E-state index in [0.717, 1.165) is 5.39 Å². The maximum Gasteiger partial charge on any atom is 0.273 e. The fraction of sp³-hybridized carbons (Fsp3) is 0.0833. The lowest BCUT2D eigenvalue weighted by atomic mass is 10.00. The molecule has 1 amide bonds. The summed E-state index contributed by atoms with van der Waals surface area (Å²) in [5.41, 5.74) is 5.43. The highest BCUT2D eigenvalue weighted by Gasteiger charge is 2.17. The number of nitrogens with zero attached hydrogens (tertiary/aromatic N) is 1. The van der Waals surface area contributed by atoms with Gasteiger partial charge in [-0.25, -0.2) is 0 Å². The summed E-state index contributed by atoms with van der Waals surface area (Å²) in [6.07, 6.45) is -0.127. The Labute approximate surface area is 97.0 Å². The standard InChI is InChI=1S/C12H10N2O3/c13-12(15)7-10-9-4-2-1-3-8(9)5-6-11(10)14(16)17/h1-6H,7H2,(H2,13,15). The highest BCUT2D eigenvalue weighted by Crippen LogP contribution is 2.28. The highest BCUT2D eigenvalue weighted by atomic mass is 16.6. The number of hydrogen-bond donors (Lipinski definition) is 1. The molecule has 2 rings (SSSR count). The summed E-state index contributed by atoms with van der Waals surface area (Å²) in [5, 5.41) is 12.5. The van der Waals surface area contributed by atoms with Crippen LogP contribution in [0.4, 0.5) is 5.69 Å². The van der Waals surface area contributed by atoms with E-state index in [1.165, 1.54) is 6.07 Å². The van der Waals surface area contributed by atoms with Crippen molar-refractivity contribution in [3.8, 4) is 0 Å². The Bertz CT molecular complexity index is 608. The van der Waals surface area contributed by atoms with E-state index in [4.69, 9.17) is 5.73 Å². The lowest BCUT2D eigenvalue weighted by Crippen LogP contribution is -2.15. The van der Waals surface area contributed by atoms with Gasteiger partial charge in [0.25, 0.3) is 5.69 Å². The second-order valence-electron chi connectivity index (χ2n) is 3.68. The molecule has 0 fully saturated rings. The van der Waals surface area contributed by atoms with Crippen LogP contribution < -0.4 is 5.73 Å². The van der Waals surface area contributed by atoms with Gasteiger partial charge in [0.2, 0.25) is 5.91 Å². The fourth-order valence-electron chi connectivity index (χ4n) is 1.86. The van der Waals surface area contributed by atoms with Crippen molar-refractivity contribution in [2.45, 2.75) is 6.42 Å². The maximum absolute atomic E-state index is 11.0. The molecule has 0 spiro atoms. The van der Waals surface area contributed by atoms with E-state index in [-0.39, 0.29) is 12.1 Å². The predicted molar refractivity (Wildman–Crippen MR) is 63.5 cm³/mol. The normalized spacial score (nSPS) is 10.4. The Morgan fingerprint density at radius 1 is 1.24 bits per heavy atom. The third kappa shape index (κ3) is 2.08. The molecule has 0 aromatic heterocycles. The Kier molecular flexibility index (Phi) is 2.74. The topological polar surface area (TPSA) is 86.2 Å². The Morgan fingerprint density at radius 2 is 1.94 bits per heavy atom. The summed E-state index contributed by atoms with van der Waals surface area (Å²) in [4.78, 5) is 21.4.